The van der Waals surface area contributed by atoms with Crippen LogP contribution >= 0.6 is 0 Å². The SMILES string of the molecule is C=CCCC(=O)C1=C(O)C(=O)N(c2ccc(C)cc2)C1C1CCCCC1. The van der Waals surface area contributed by atoms with Crippen molar-refractivity contribution in [1.29, 1.82) is 0 Å². The number of nitrogens with zero attached hydrogens (tertiary/aromatic N) is 1. The Kier molecular flexibility index (Phi) is 5.60. The van der Waals surface area contributed by atoms with Gasteiger partial charge in [0.15, 0.2) is 11.5 Å². The molecular formula is C22H27NO3. The molecule has 0 radical (unpaired) electrons. The second-order valence-electron chi connectivity index (χ2n) is 7.37. The molecule has 1 aromatic rings. The zero-order chi connectivity index (χ0) is 18.7. The highest BCUT2D eigenvalue weighted by Gasteiger charge is 2.46. The lowest BCUT2D eigenvalue weighted by atomic mass is 9.79. The van der Waals surface area contributed by atoms with Gasteiger partial charge in [0.1, 0.15) is 0 Å². The summed E-state index contributed by atoms with van der Waals surface area (Å²) in [5.74, 6) is -0.746. The Balaban J connectivity index is 2.00. The summed E-state index contributed by atoms with van der Waals surface area (Å²) in [6.07, 6.45) is 7.87. The molecule has 1 aromatic carbocycles. The Morgan fingerprint density at radius 3 is 2.50 bits per heavy atom. The van der Waals surface area contributed by atoms with E-state index in [1.165, 1.54) is 6.42 Å². The highest BCUT2D eigenvalue weighted by atomic mass is 16.3. The van der Waals surface area contributed by atoms with Crippen molar-refractivity contribution >= 4 is 17.4 Å². The lowest BCUT2D eigenvalue weighted by Gasteiger charge is -2.35. The van der Waals surface area contributed by atoms with Gasteiger partial charge >= 0.3 is 0 Å². The number of aryl methyl sites for hydroxylation is 1. The van der Waals surface area contributed by atoms with E-state index in [-0.39, 0.29) is 29.9 Å². The predicted octanol–water partition coefficient (Wildman–Crippen LogP) is 4.64. The number of ketones is 1. The number of carbonyl (C=O) groups is 2. The first-order valence-corrected chi connectivity index (χ1v) is 9.52. The molecule has 138 valence electrons. The fourth-order valence-corrected chi connectivity index (χ4v) is 4.17. The fraction of sp³-hybridized carbons (Fsp3) is 0.455. The second kappa shape index (κ2) is 7.90. The normalized spacial score (nSPS) is 21.3. The highest BCUT2D eigenvalue weighted by molar-refractivity contribution is 6.16. The van der Waals surface area contributed by atoms with E-state index in [1.807, 2.05) is 31.2 Å². The number of hydrogen-bond donors (Lipinski definition) is 1. The van der Waals surface area contributed by atoms with Gasteiger partial charge in [0.2, 0.25) is 0 Å². The van der Waals surface area contributed by atoms with Crippen LogP contribution in [0.15, 0.2) is 48.3 Å². The predicted molar refractivity (Wildman–Crippen MR) is 103 cm³/mol. The van der Waals surface area contributed by atoms with Crippen molar-refractivity contribution in [3.8, 4) is 0 Å². The largest absolute Gasteiger partial charge is 0.503 e. The first-order chi connectivity index (χ1) is 12.5. The van der Waals surface area contributed by atoms with Crippen LogP contribution in [0.2, 0.25) is 0 Å². The third-order valence-electron chi connectivity index (χ3n) is 5.53. The summed E-state index contributed by atoms with van der Waals surface area (Å²) in [7, 11) is 0. The second-order valence-corrected chi connectivity index (χ2v) is 7.37. The van der Waals surface area contributed by atoms with Gasteiger partial charge in [0, 0.05) is 12.1 Å². The monoisotopic (exact) mass is 353 g/mol. The number of anilines is 1. The average Bonchev–Trinajstić information content (AvgIpc) is 2.92. The fourth-order valence-electron chi connectivity index (χ4n) is 4.17. The van der Waals surface area contributed by atoms with Crippen molar-refractivity contribution in [2.75, 3.05) is 4.90 Å². The van der Waals surface area contributed by atoms with Crippen molar-refractivity contribution in [2.45, 2.75) is 57.9 Å². The molecule has 1 fully saturated rings. The molecule has 4 heteroatoms. The molecule has 26 heavy (non-hydrogen) atoms. The first kappa shape index (κ1) is 18.4. The molecule has 4 nitrogen and oxygen atoms in total. The summed E-state index contributed by atoms with van der Waals surface area (Å²) in [6, 6.07) is 7.34. The van der Waals surface area contributed by atoms with E-state index in [9.17, 15) is 14.7 Å². The van der Waals surface area contributed by atoms with E-state index in [4.69, 9.17) is 0 Å². The number of carbonyl (C=O) groups excluding carboxylic acids is 2. The molecule has 0 saturated heterocycles. The van der Waals surface area contributed by atoms with Gasteiger partial charge in [-0.05, 0) is 44.2 Å². The van der Waals surface area contributed by atoms with Crippen LogP contribution in [0.5, 0.6) is 0 Å². The third kappa shape index (κ3) is 3.46. The van der Waals surface area contributed by atoms with Gasteiger partial charge < -0.3 is 5.11 Å². The quantitative estimate of drug-likeness (QED) is 0.758. The van der Waals surface area contributed by atoms with Crippen molar-refractivity contribution < 1.29 is 14.7 Å². The minimum Gasteiger partial charge on any atom is -0.503 e. The molecule has 3 rings (SSSR count). The summed E-state index contributed by atoms with van der Waals surface area (Å²) in [4.78, 5) is 27.3. The number of amides is 1. The van der Waals surface area contributed by atoms with Crippen LogP contribution in [0.4, 0.5) is 5.69 Å². The van der Waals surface area contributed by atoms with Crippen LogP contribution in [-0.4, -0.2) is 22.8 Å². The summed E-state index contributed by atoms with van der Waals surface area (Å²) >= 11 is 0. The molecule has 0 aromatic heterocycles. The maximum absolute atomic E-state index is 12.9. The standard InChI is InChI=1S/C22H27NO3/c1-3-4-10-18(24)19-20(16-8-6-5-7-9-16)23(22(26)21(19)25)17-13-11-15(2)12-14-17/h3,11-14,16,20,25H,1,4-10H2,2H3. The lowest BCUT2D eigenvalue weighted by molar-refractivity contribution is -0.118. The van der Waals surface area contributed by atoms with Gasteiger partial charge in [-0.15, -0.1) is 6.58 Å². The van der Waals surface area contributed by atoms with Crippen LogP contribution < -0.4 is 4.90 Å². The molecule has 2 aliphatic rings. The van der Waals surface area contributed by atoms with Crippen LogP contribution in [0.25, 0.3) is 0 Å². The number of rotatable bonds is 6. The van der Waals surface area contributed by atoms with Crippen LogP contribution in [0.1, 0.15) is 50.5 Å². The number of aliphatic hydroxyl groups is 1. The molecule has 1 heterocycles. The van der Waals surface area contributed by atoms with E-state index in [2.05, 4.69) is 6.58 Å². The number of benzene rings is 1. The minimum absolute atomic E-state index is 0.138. The Bertz CT molecular complexity index is 726. The number of hydrogen-bond acceptors (Lipinski definition) is 3. The van der Waals surface area contributed by atoms with E-state index >= 15 is 0 Å². The number of allylic oxidation sites excluding steroid dienone is 1. The van der Waals surface area contributed by atoms with E-state index in [0.717, 1.165) is 36.9 Å². The van der Waals surface area contributed by atoms with Gasteiger partial charge in [0.05, 0.1) is 11.6 Å². The smallest absolute Gasteiger partial charge is 0.294 e. The molecule has 1 unspecified atom stereocenters. The van der Waals surface area contributed by atoms with E-state index in [0.29, 0.717) is 12.0 Å². The summed E-state index contributed by atoms with van der Waals surface area (Å²) in [5.41, 5.74) is 2.16. The maximum atomic E-state index is 12.9. The topological polar surface area (TPSA) is 57.6 Å². The Hall–Kier alpha value is -2.36. The Labute approximate surface area is 155 Å². The van der Waals surface area contributed by atoms with Crippen LogP contribution in [0, 0.1) is 12.8 Å². The average molecular weight is 353 g/mol. The van der Waals surface area contributed by atoms with Gasteiger partial charge in [-0.1, -0.05) is 43.0 Å². The highest BCUT2D eigenvalue weighted by Crippen LogP contribution is 2.40. The van der Waals surface area contributed by atoms with Crippen molar-refractivity contribution in [3.05, 3.63) is 53.8 Å². The van der Waals surface area contributed by atoms with Crippen LogP contribution in [0.3, 0.4) is 0 Å². The van der Waals surface area contributed by atoms with Gasteiger partial charge in [0.25, 0.3) is 5.91 Å². The van der Waals surface area contributed by atoms with Gasteiger partial charge in [-0.25, -0.2) is 0 Å². The van der Waals surface area contributed by atoms with Crippen molar-refractivity contribution in [3.63, 3.8) is 0 Å². The summed E-state index contributed by atoms with van der Waals surface area (Å²) in [6.45, 7) is 5.66. The molecule has 1 saturated carbocycles. The Morgan fingerprint density at radius 2 is 1.88 bits per heavy atom. The summed E-state index contributed by atoms with van der Waals surface area (Å²) < 4.78 is 0. The molecule has 1 N–H and O–H groups in total. The zero-order valence-corrected chi connectivity index (χ0v) is 15.4. The van der Waals surface area contributed by atoms with Crippen molar-refractivity contribution in [2.24, 2.45) is 5.92 Å². The maximum Gasteiger partial charge on any atom is 0.294 e. The molecule has 1 amide bonds. The lowest BCUT2D eigenvalue weighted by Crippen LogP contribution is -2.42. The van der Waals surface area contributed by atoms with Gasteiger partial charge in [-0.2, -0.15) is 0 Å². The minimum atomic E-state index is -0.452. The van der Waals surface area contributed by atoms with Crippen LogP contribution in [-0.2, 0) is 9.59 Å². The summed E-state index contributed by atoms with van der Waals surface area (Å²) in [5, 5.41) is 10.6. The molecule has 0 bridgehead atoms. The number of Topliss-reactive ketones (excluding diaryl/α,β-unsaturated/α-hetero) is 1. The molecule has 1 aliphatic heterocycles. The van der Waals surface area contributed by atoms with Gasteiger partial charge in [-0.3, -0.25) is 14.5 Å². The molecule has 1 aliphatic carbocycles. The number of aliphatic hydroxyl groups excluding tert-OH is 1. The van der Waals surface area contributed by atoms with E-state index in [1.54, 1.807) is 11.0 Å². The first-order valence-electron chi connectivity index (χ1n) is 9.52. The van der Waals surface area contributed by atoms with Crippen molar-refractivity contribution in [1.82, 2.24) is 0 Å². The molecule has 0 spiro atoms. The third-order valence-corrected chi connectivity index (χ3v) is 5.53. The Morgan fingerprint density at radius 1 is 1.23 bits per heavy atom. The molecule has 1 atom stereocenters. The molecular weight excluding hydrogens is 326 g/mol. The van der Waals surface area contributed by atoms with E-state index < -0.39 is 5.91 Å². The zero-order valence-electron chi connectivity index (χ0n) is 15.4.